The van der Waals surface area contributed by atoms with Crippen LogP contribution in [0.4, 0.5) is 0 Å². The molecule has 0 fully saturated rings. The van der Waals surface area contributed by atoms with Crippen LogP contribution in [0.15, 0.2) is 35.3 Å². The van der Waals surface area contributed by atoms with E-state index in [0.29, 0.717) is 5.39 Å². The zero-order chi connectivity index (χ0) is 12.4. The molecule has 1 aromatic carbocycles. The van der Waals surface area contributed by atoms with Crippen LogP contribution in [0.5, 0.6) is 0 Å². The SMILES string of the molecule is NC(Cn1ncc2ccccc2c1=O)C(=O)O. The Kier molecular flexibility index (Phi) is 2.88. The molecular weight excluding hydrogens is 222 g/mol. The number of carboxylic acids is 1. The summed E-state index contributed by atoms with van der Waals surface area (Å²) in [5, 5.41) is 13.8. The summed E-state index contributed by atoms with van der Waals surface area (Å²) in [7, 11) is 0. The molecule has 1 atom stereocenters. The molecule has 0 spiro atoms. The van der Waals surface area contributed by atoms with Gasteiger partial charge in [-0.3, -0.25) is 9.59 Å². The van der Waals surface area contributed by atoms with E-state index < -0.39 is 12.0 Å². The lowest BCUT2D eigenvalue weighted by molar-refractivity contribution is -0.138. The molecule has 0 radical (unpaired) electrons. The van der Waals surface area contributed by atoms with E-state index in [2.05, 4.69) is 5.10 Å². The summed E-state index contributed by atoms with van der Waals surface area (Å²) in [5.74, 6) is -1.16. The Morgan fingerprint density at radius 3 is 2.88 bits per heavy atom. The molecule has 0 bridgehead atoms. The predicted octanol–water partition coefficient (Wildman–Crippen LogP) is -0.192. The van der Waals surface area contributed by atoms with E-state index >= 15 is 0 Å². The summed E-state index contributed by atoms with van der Waals surface area (Å²) in [6, 6.07) is 5.84. The van der Waals surface area contributed by atoms with Crippen molar-refractivity contribution < 1.29 is 9.90 Å². The lowest BCUT2D eigenvalue weighted by atomic mass is 10.2. The van der Waals surface area contributed by atoms with Gasteiger partial charge < -0.3 is 10.8 Å². The van der Waals surface area contributed by atoms with E-state index in [9.17, 15) is 9.59 Å². The minimum Gasteiger partial charge on any atom is -0.480 e. The first-order valence-corrected chi connectivity index (χ1v) is 5.03. The number of aromatic nitrogens is 2. The third kappa shape index (κ3) is 2.16. The highest BCUT2D eigenvalue weighted by Gasteiger charge is 2.14. The fourth-order valence-corrected chi connectivity index (χ4v) is 1.52. The van der Waals surface area contributed by atoms with E-state index in [1.54, 1.807) is 24.3 Å². The normalized spacial score (nSPS) is 12.5. The molecule has 0 saturated heterocycles. The minimum absolute atomic E-state index is 0.140. The number of rotatable bonds is 3. The summed E-state index contributed by atoms with van der Waals surface area (Å²) in [4.78, 5) is 22.5. The number of aliphatic carboxylic acids is 1. The first kappa shape index (κ1) is 11.3. The molecule has 1 aromatic heterocycles. The summed E-state index contributed by atoms with van der Waals surface area (Å²) >= 11 is 0. The average Bonchev–Trinajstić information content (AvgIpc) is 2.33. The number of hydrogen-bond donors (Lipinski definition) is 2. The predicted molar refractivity (Wildman–Crippen MR) is 61.6 cm³/mol. The van der Waals surface area contributed by atoms with Crippen LogP contribution in [0.1, 0.15) is 0 Å². The third-order valence-corrected chi connectivity index (χ3v) is 2.45. The van der Waals surface area contributed by atoms with E-state index in [1.807, 2.05) is 0 Å². The highest BCUT2D eigenvalue weighted by Crippen LogP contribution is 2.06. The van der Waals surface area contributed by atoms with Gasteiger partial charge in [0.15, 0.2) is 0 Å². The van der Waals surface area contributed by atoms with Gasteiger partial charge in [0.25, 0.3) is 5.56 Å². The summed E-state index contributed by atoms with van der Waals surface area (Å²) in [6.45, 7) is -0.140. The second-order valence-electron chi connectivity index (χ2n) is 3.66. The lowest BCUT2D eigenvalue weighted by Gasteiger charge is -2.08. The number of hydrogen-bond acceptors (Lipinski definition) is 4. The number of carboxylic acid groups (broad SMARTS) is 1. The van der Waals surface area contributed by atoms with Crippen LogP contribution in [0.2, 0.25) is 0 Å². The monoisotopic (exact) mass is 233 g/mol. The van der Waals surface area contributed by atoms with Crippen molar-refractivity contribution in [3.8, 4) is 0 Å². The van der Waals surface area contributed by atoms with Crippen LogP contribution < -0.4 is 11.3 Å². The van der Waals surface area contributed by atoms with Crippen LogP contribution in [-0.2, 0) is 11.3 Å². The van der Waals surface area contributed by atoms with Gasteiger partial charge in [0, 0.05) is 5.39 Å². The molecule has 6 nitrogen and oxygen atoms in total. The van der Waals surface area contributed by atoms with E-state index in [-0.39, 0.29) is 12.1 Å². The van der Waals surface area contributed by atoms with E-state index in [1.165, 1.54) is 6.20 Å². The smallest absolute Gasteiger partial charge is 0.322 e. The molecule has 0 saturated carbocycles. The third-order valence-electron chi connectivity index (χ3n) is 2.45. The van der Waals surface area contributed by atoms with Crippen LogP contribution in [0.3, 0.4) is 0 Å². The Balaban J connectivity index is 2.46. The maximum atomic E-state index is 11.9. The summed E-state index contributed by atoms with van der Waals surface area (Å²) in [5.41, 5.74) is 5.03. The molecule has 1 heterocycles. The molecular formula is C11H11N3O3. The molecule has 17 heavy (non-hydrogen) atoms. The van der Waals surface area contributed by atoms with Crippen molar-refractivity contribution in [2.24, 2.45) is 5.73 Å². The largest absolute Gasteiger partial charge is 0.480 e. The molecule has 88 valence electrons. The zero-order valence-corrected chi connectivity index (χ0v) is 8.91. The second kappa shape index (κ2) is 4.34. The first-order chi connectivity index (χ1) is 8.09. The molecule has 0 aliphatic heterocycles. The van der Waals surface area contributed by atoms with Gasteiger partial charge in [0.2, 0.25) is 0 Å². The molecule has 0 amide bonds. The van der Waals surface area contributed by atoms with E-state index in [0.717, 1.165) is 10.1 Å². The fraction of sp³-hybridized carbons (Fsp3) is 0.182. The molecule has 1 unspecified atom stereocenters. The highest BCUT2D eigenvalue weighted by molar-refractivity contribution is 5.80. The lowest BCUT2D eigenvalue weighted by Crippen LogP contribution is -2.39. The van der Waals surface area contributed by atoms with Crippen LogP contribution in [-0.4, -0.2) is 26.9 Å². The topological polar surface area (TPSA) is 98.2 Å². The number of nitrogens with zero attached hydrogens (tertiary/aromatic N) is 2. The maximum absolute atomic E-state index is 11.9. The first-order valence-electron chi connectivity index (χ1n) is 5.03. The van der Waals surface area contributed by atoms with Gasteiger partial charge in [-0.15, -0.1) is 0 Å². The molecule has 2 rings (SSSR count). The number of benzene rings is 1. The van der Waals surface area contributed by atoms with Gasteiger partial charge >= 0.3 is 5.97 Å². The van der Waals surface area contributed by atoms with Crippen molar-refractivity contribution in [2.75, 3.05) is 0 Å². The number of carbonyl (C=O) groups is 1. The van der Waals surface area contributed by atoms with Gasteiger partial charge in [0.05, 0.1) is 18.1 Å². The van der Waals surface area contributed by atoms with Crippen molar-refractivity contribution in [3.63, 3.8) is 0 Å². The molecule has 3 N–H and O–H groups in total. The zero-order valence-electron chi connectivity index (χ0n) is 8.91. The van der Waals surface area contributed by atoms with Crippen molar-refractivity contribution in [1.82, 2.24) is 9.78 Å². The Labute approximate surface area is 96.3 Å². The van der Waals surface area contributed by atoms with Gasteiger partial charge in [-0.05, 0) is 6.07 Å². The minimum atomic E-state index is -1.16. The summed E-state index contributed by atoms with van der Waals surface area (Å²) < 4.78 is 1.07. The quantitative estimate of drug-likeness (QED) is 0.765. The standard InChI is InChI=1S/C11H11N3O3/c12-9(11(16)17)6-14-10(15)8-4-2-1-3-7(8)5-13-14/h1-5,9H,6,12H2,(H,16,17). The van der Waals surface area contributed by atoms with Gasteiger partial charge in [-0.1, -0.05) is 18.2 Å². The van der Waals surface area contributed by atoms with Crippen LogP contribution >= 0.6 is 0 Å². The Morgan fingerprint density at radius 2 is 2.18 bits per heavy atom. The van der Waals surface area contributed by atoms with Gasteiger partial charge in [0.1, 0.15) is 6.04 Å². The number of fused-ring (bicyclic) bond motifs is 1. The Bertz CT molecular complexity index is 621. The van der Waals surface area contributed by atoms with Gasteiger partial charge in [-0.2, -0.15) is 5.10 Å². The van der Waals surface area contributed by atoms with Gasteiger partial charge in [-0.25, -0.2) is 4.68 Å². The average molecular weight is 233 g/mol. The molecule has 6 heteroatoms. The van der Waals surface area contributed by atoms with Crippen molar-refractivity contribution in [1.29, 1.82) is 0 Å². The van der Waals surface area contributed by atoms with Crippen molar-refractivity contribution in [3.05, 3.63) is 40.8 Å². The molecule has 2 aromatic rings. The van der Waals surface area contributed by atoms with Crippen LogP contribution in [0.25, 0.3) is 10.8 Å². The van der Waals surface area contributed by atoms with Crippen molar-refractivity contribution >= 4 is 16.7 Å². The van der Waals surface area contributed by atoms with E-state index in [4.69, 9.17) is 10.8 Å². The second-order valence-corrected chi connectivity index (χ2v) is 3.66. The summed E-state index contributed by atoms with van der Waals surface area (Å²) in [6.07, 6.45) is 1.52. The Hall–Kier alpha value is -2.21. The highest BCUT2D eigenvalue weighted by atomic mass is 16.4. The fourth-order valence-electron chi connectivity index (χ4n) is 1.52. The maximum Gasteiger partial charge on any atom is 0.322 e. The number of nitrogens with two attached hydrogens (primary N) is 1. The molecule has 0 aliphatic carbocycles. The molecule has 0 aliphatic rings. The Morgan fingerprint density at radius 1 is 1.47 bits per heavy atom. The van der Waals surface area contributed by atoms with Crippen LogP contribution in [0, 0.1) is 0 Å². The van der Waals surface area contributed by atoms with Crippen molar-refractivity contribution in [2.45, 2.75) is 12.6 Å².